The maximum absolute atomic E-state index is 12.8. The second kappa shape index (κ2) is 8.82. The fourth-order valence-corrected chi connectivity index (χ4v) is 3.14. The third-order valence-corrected chi connectivity index (χ3v) is 4.77. The highest BCUT2D eigenvalue weighted by atomic mass is 32.2. The van der Waals surface area contributed by atoms with E-state index in [0.717, 1.165) is 16.0 Å². The van der Waals surface area contributed by atoms with Gasteiger partial charge in [0.25, 0.3) is 11.6 Å². The highest BCUT2D eigenvalue weighted by Crippen LogP contribution is 2.34. The van der Waals surface area contributed by atoms with E-state index in [1.54, 1.807) is 36.5 Å². The Morgan fingerprint density at radius 1 is 1.07 bits per heavy atom. The lowest BCUT2D eigenvalue weighted by Crippen LogP contribution is -2.29. The number of halogens is 3. The Bertz CT molecular complexity index is 1060. The second-order valence-electron chi connectivity index (χ2n) is 5.86. The van der Waals surface area contributed by atoms with Crippen molar-refractivity contribution in [1.29, 1.82) is 0 Å². The zero-order chi connectivity index (χ0) is 21.7. The average Bonchev–Trinajstić information content (AvgIpc) is 2.72. The van der Waals surface area contributed by atoms with Crippen LogP contribution in [0.4, 0.5) is 24.5 Å². The van der Waals surface area contributed by atoms with E-state index < -0.39 is 28.3 Å². The van der Waals surface area contributed by atoms with E-state index in [9.17, 15) is 28.1 Å². The molecule has 0 aliphatic heterocycles. The molecule has 7 nitrogen and oxygen atoms in total. The highest BCUT2D eigenvalue weighted by molar-refractivity contribution is 7.99. The predicted octanol–water partition coefficient (Wildman–Crippen LogP) is 4.92. The van der Waals surface area contributed by atoms with Gasteiger partial charge in [0.1, 0.15) is 10.7 Å². The number of benzene rings is 2. The van der Waals surface area contributed by atoms with Crippen LogP contribution in [0.15, 0.2) is 76.8 Å². The number of nitro benzene ring substituents is 1. The largest absolute Gasteiger partial charge is 0.416 e. The third kappa shape index (κ3) is 5.26. The number of pyridine rings is 1. The molecule has 1 heterocycles. The van der Waals surface area contributed by atoms with Gasteiger partial charge in [-0.15, -0.1) is 0 Å². The van der Waals surface area contributed by atoms with Crippen molar-refractivity contribution in [2.45, 2.75) is 16.1 Å². The molecule has 0 saturated carbocycles. The maximum atomic E-state index is 12.8. The molecule has 1 aromatic heterocycles. The minimum atomic E-state index is -4.72. The standard InChI is InChI=1S/C19H13F3N4O3S/c20-19(21,22)13-6-9-15(16(11-13)26(28)29)24-25-18(27)12-4-7-14(8-5-12)30-17-3-1-2-10-23-17/h1-11,24H,(H,25,27). The van der Waals surface area contributed by atoms with Crippen LogP contribution in [0.1, 0.15) is 15.9 Å². The summed E-state index contributed by atoms with van der Waals surface area (Å²) in [5.41, 5.74) is 2.55. The second-order valence-corrected chi connectivity index (χ2v) is 6.95. The van der Waals surface area contributed by atoms with Gasteiger partial charge < -0.3 is 0 Å². The SMILES string of the molecule is O=C(NNc1ccc(C(F)(F)F)cc1[N+](=O)[O-])c1ccc(Sc2ccccn2)cc1. The normalized spacial score (nSPS) is 11.0. The summed E-state index contributed by atoms with van der Waals surface area (Å²) in [6, 6.07) is 14.0. The van der Waals surface area contributed by atoms with Crippen LogP contribution >= 0.6 is 11.8 Å². The van der Waals surface area contributed by atoms with E-state index in [0.29, 0.717) is 12.1 Å². The molecule has 0 aliphatic rings. The third-order valence-electron chi connectivity index (χ3n) is 3.81. The zero-order valence-electron chi connectivity index (χ0n) is 15.0. The van der Waals surface area contributed by atoms with Crippen molar-refractivity contribution < 1.29 is 22.9 Å². The number of hydrogen-bond donors (Lipinski definition) is 2. The van der Waals surface area contributed by atoms with Crippen molar-refractivity contribution in [3.8, 4) is 0 Å². The molecule has 11 heteroatoms. The van der Waals surface area contributed by atoms with Crippen LogP contribution < -0.4 is 10.9 Å². The lowest BCUT2D eigenvalue weighted by atomic mass is 10.1. The van der Waals surface area contributed by atoms with Gasteiger partial charge in [-0.25, -0.2) is 4.98 Å². The van der Waals surface area contributed by atoms with Crippen molar-refractivity contribution in [2.75, 3.05) is 5.43 Å². The summed E-state index contributed by atoms with van der Waals surface area (Å²) in [5.74, 6) is -0.612. The average molecular weight is 434 g/mol. The van der Waals surface area contributed by atoms with Crippen LogP contribution in [0.3, 0.4) is 0 Å². The Morgan fingerprint density at radius 2 is 1.80 bits per heavy atom. The van der Waals surface area contributed by atoms with E-state index in [4.69, 9.17) is 0 Å². The van der Waals surface area contributed by atoms with Crippen molar-refractivity contribution in [3.63, 3.8) is 0 Å². The predicted molar refractivity (Wildman–Crippen MR) is 104 cm³/mol. The smallest absolute Gasteiger partial charge is 0.292 e. The van der Waals surface area contributed by atoms with Gasteiger partial charge in [-0.05, 0) is 48.5 Å². The molecule has 2 N–H and O–H groups in total. The van der Waals surface area contributed by atoms with Crippen molar-refractivity contribution in [2.24, 2.45) is 0 Å². The molecule has 0 atom stereocenters. The van der Waals surface area contributed by atoms with Gasteiger partial charge in [0.15, 0.2) is 0 Å². The number of rotatable bonds is 6. The molecule has 30 heavy (non-hydrogen) atoms. The highest BCUT2D eigenvalue weighted by Gasteiger charge is 2.33. The first-order chi connectivity index (χ1) is 14.2. The molecule has 0 radical (unpaired) electrons. The molecular formula is C19H13F3N4O3S. The number of aromatic nitrogens is 1. The molecular weight excluding hydrogens is 421 g/mol. The molecule has 1 amide bonds. The molecule has 2 aromatic carbocycles. The summed E-state index contributed by atoms with van der Waals surface area (Å²) in [4.78, 5) is 27.4. The first kappa shape index (κ1) is 21.1. The van der Waals surface area contributed by atoms with Crippen molar-refractivity contribution in [1.82, 2.24) is 10.4 Å². The Balaban J connectivity index is 1.67. The maximum Gasteiger partial charge on any atom is 0.416 e. The first-order valence-corrected chi connectivity index (χ1v) is 9.16. The Kier molecular flexibility index (Phi) is 6.21. The topological polar surface area (TPSA) is 97.2 Å². The molecule has 154 valence electrons. The van der Waals surface area contributed by atoms with Gasteiger partial charge in [0, 0.05) is 22.7 Å². The minimum Gasteiger partial charge on any atom is -0.292 e. The summed E-state index contributed by atoms with van der Waals surface area (Å²) in [5, 5.41) is 11.9. The molecule has 3 rings (SSSR count). The van der Waals surface area contributed by atoms with E-state index in [2.05, 4.69) is 15.8 Å². The van der Waals surface area contributed by atoms with E-state index >= 15 is 0 Å². The number of amides is 1. The van der Waals surface area contributed by atoms with Crippen LogP contribution in [0, 0.1) is 10.1 Å². The van der Waals surface area contributed by atoms with Crippen molar-refractivity contribution >= 4 is 29.0 Å². The number of hydrogen-bond acceptors (Lipinski definition) is 6. The number of nitrogens with zero attached hydrogens (tertiary/aromatic N) is 2. The molecule has 0 fully saturated rings. The van der Waals surface area contributed by atoms with Gasteiger partial charge in [-0.2, -0.15) is 13.2 Å². The number of nitro groups is 1. The van der Waals surface area contributed by atoms with E-state index in [1.165, 1.54) is 11.8 Å². The van der Waals surface area contributed by atoms with Crippen LogP contribution in [0.2, 0.25) is 0 Å². The van der Waals surface area contributed by atoms with Crippen molar-refractivity contribution in [3.05, 3.63) is 88.1 Å². The number of anilines is 1. The number of carbonyl (C=O) groups is 1. The van der Waals surface area contributed by atoms with Gasteiger partial charge >= 0.3 is 6.18 Å². The molecule has 0 spiro atoms. The fraction of sp³-hybridized carbons (Fsp3) is 0.0526. The number of carbonyl (C=O) groups excluding carboxylic acids is 1. The summed E-state index contributed by atoms with van der Waals surface area (Å²) >= 11 is 1.40. The Labute approximate surface area is 172 Å². The quantitative estimate of drug-likeness (QED) is 0.422. The molecule has 0 bridgehead atoms. The van der Waals surface area contributed by atoms with E-state index in [-0.39, 0.29) is 11.3 Å². The van der Waals surface area contributed by atoms with Gasteiger partial charge in [0.05, 0.1) is 10.5 Å². The van der Waals surface area contributed by atoms with Crippen LogP contribution in [0.25, 0.3) is 0 Å². The molecule has 0 aliphatic carbocycles. The zero-order valence-corrected chi connectivity index (χ0v) is 15.8. The van der Waals surface area contributed by atoms with Crippen LogP contribution in [-0.4, -0.2) is 15.8 Å². The summed E-state index contributed by atoms with van der Waals surface area (Å²) in [6.45, 7) is 0. The molecule has 3 aromatic rings. The van der Waals surface area contributed by atoms with Gasteiger partial charge in [-0.1, -0.05) is 17.8 Å². The lowest BCUT2D eigenvalue weighted by molar-refractivity contribution is -0.384. The number of alkyl halides is 3. The van der Waals surface area contributed by atoms with E-state index in [1.807, 2.05) is 12.1 Å². The summed E-state index contributed by atoms with van der Waals surface area (Å²) in [6.07, 6.45) is -3.06. The Morgan fingerprint density at radius 3 is 2.40 bits per heavy atom. The first-order valence-electron chi connectivity index (χ1n) is 8.35. The molecule has 0 saturated heterocycles. The lowest BCUT2D eigenvalue weighted by Gasteiger charge is -2.11. The van der Waals surface area contributed by atoms with Crippen LogP contribution in [0.5, 0.6) is 0 Å². The number of hydrazine groups is 1. The fourth-order valence-electron chi connectivity index (χ4n) is 2.36. The van der Waals surface area contributed by atoms with Gasteiger partial charge in [-0.3, -0.25) is 25.8 Å². The van der Waals surface area contributed by atoms with Crippen LogP contribution in [-0.2, 0) is 6.18 Å². The minimum absolute atomic E-state index is 0.252. The summed E-state index contributed by atoms with van der Waals surface area (Å²) in [7, 11) is 0. The number of nitrogens with one attached hydrogen (secondary N) is 2. The van der Waals surface area contributed by atoms with Gasteiger partial charge in [0.2, 0.25) is 0 Å². The summed E-state index contributed by atoms with van der Waals surface area (Å²) < 4.78 is 38.3. The Hall–Kier alpha value is -3.60. The monoisotopic (exact) mass is 434 g/mol. The molecule has 0 unspecified atom stereocenters.